The first-order valence-corrected chi connectivity index (χ1v) is 10.1. The third-order valence-electron chi connectivity index (χ3n) is 5.22. The van der Waals surface area contributed by atoms with Crippen molar-refractivity contribution in [1.82, 2.24) is 5.32 Å². The Balaban J connectivity index is 1.66. The Bertz CT molecular complexity index is 756. The quantitative estimate of drug-likeness (QED) is 0.741. The molecule has 5 nitrogen and oxygen atoms in total. The van der Waals surface area contributed by atoms with Gasteiger partial charge in [0.15, 0.2) is 0 Å². The molecule has 0 spiro atoms. The molecule has 6 heteroatoms. The molecular weight excluding hydrogens is 374 g/mol. The van der Waals surface area contributed by atoms with Crippen LogP contribution in [0.4, 0.5) is 5.69 Å². The first-order chi connectivity index (χ1) is 13.5. The highest BCUT2D eigenvalue weighted by molar-refractivity contribution is 6.30. The highest BCUT2D eigenvalue weighted by Gasteiger charge is 2.27. The second kappa shape index (κ2) is 9.92. The molecular formula is C22H29ClN3O2+. The summed E-state index contributed by atoms with van der Waals surface area (Å²) in [5.41, 5.74) is 3.38. The van der Waals surface area contributed by atoms with E-state index in [-0.39, 0.29) is 11.9 Å². The van der Waals surface area contributed by atoms with Crippen molar-refractivity contribution in [3.63, 3.8) is 0 Å². The van der Waals surface area contributed by atoms with E-state index in [0.717, 1.165) is 31.9 Å². The number of hydrogen-bond acceptors (Lipinski definition) is 3. The molecule has 1 heterocycles. The van der Waals surface area contributed by atoms with Gasteiger partial charge in [-0.3, -0.25) is 4.79 Å². The number of anilines is 1. The van der Waals surface area contributed by atoms with Crippen LogP contribution in [0.2, 0.25) is 5.02 Å². The Labute approximate surface area is 172 Å². The molecule has 0 aliphatic carbocycles. The number of quaternary nitrogens is 1. The van der Waals surface area contributed by atoms with Gasteiger partial charge in [-0.2, -0.15) is 0 Å². The molecule has 0 unspecified atom stereocenters. The molecule has 1 aliphatic heterocycles. The predicted molar refractivity (Wildman–Crippen MR) is 113 cm³/mol. The molecule has 1 amide bonds. The summed E-state index contributed by atoms with van der Waals surface area (Å²) in [4.78, 5) is 16.0. The van der Waals surface area contributed by atoms with Gasteiger partial charge in [0.2, 0.25) is 5.91 Å². The van der Waals surface area contributed by atoms with Crippen LogP contribution in [0.15, 0.2) is 48.5 Å². The summed E-state index contributed by atoms with van der Waals surface area (Å²) in [5.74, 6) is 0.0323. The van der Waals surface area contributed by atoms with Crippen molar-refractivity contribution >= 4 is 23.2 Å². The Morgan fingerprint density at radius 2 is 1.75 bits per heavy atom. The van der Waals surface area contributed by atoms with Crippen molar-refractivity contribution in [2.45, 2.75) is 12.5 Å². The van der Waals surface area contributed by atoms with E-state index in [1.807, 2.05) is 38.4 Å². The van der Waals surface area contributed by atoms with E-state index in [1.165, 1.54) is 16.2 Å². The largest absolute Gasteiger partial charge is 0.378 e. The van der Waals surface area contributed by atoms with Gasteiger partial charge in [-0.1, -0.05) is 35.9 Å². The zero-order valence-corrected chi connectivity index (χ0v) is 17.3. The molecule has 1 fully saturated rings. The molecule has 0 aromatic heterocycles. The number of hydrogen-bond donors (Lipinski definition) is 2. The summed E-state index contributed by atoms with van der Waals surface area (Å²) in [6.07, 6.45) is 0.363. The van der Waals surface area contributed by atoms with Crippen LogP contribution in [0.5, 0.6) is 0 Å². The van der Waals surface area contributed by atoms with Gasteiger partial charge in [0.05, 0.1) is 26.2 Å². The Morgan fingerprint density at radius 3 is 2.36 bits per heavy atom. The van der Waals surface area contributed by atoms with Crippen LogP contribution in [0.1, 0.15) is 17.2 Å². The second-order valence-corrected chi connectivity index (χ2v) is 7.85. The monoisotopic (exact) mass is 402 g/mol. The number of nitrogens with zero attached hydrogens (tertiary/aromatic N) is 1. The third kappa shape index (κ3) is 5.71. The van der Waals surface area contributed by atoms with Gasteiger partial charge >= 0.3 is 0 Å². The lowest BCUT2D eigenvalue weighted by Crippen LogP contribution is -3.15. The van der Waals surface area contributed by atoms with Gasteiger partial charge in [0, 0.05) is 30.4 Å². The maximum Gasteiger partial charge on any atom is 0.224 e. The van der Waals surface area contributed by atoms with Crippen LogP contribution in [-0.4, -0.2) is 52.9 Å². The average Bonchev–Trinajstić information content (AvgIpc) is 2.71. The fraction of sp³-hybridized carbons (Fsp3) is 0.409. The zero-order chi connectivity index (χ0) is 19.9. The minimum Gasteiger partial charge on any atom is -0.378 e. The fourth-order valence-electron chi connectivity index (χ4n) is 3.55. The zero-order valence-electron chi connectivity index (χ0n) is 16.6. The van der Waals surface area contributed by atoms with E-state index in [4.69, 9.17) is 16.3 Å². The van der Waals surface area contributed by atoms with E-state index in [9.17, 15) is 4.79 Å². The molecule has 2 N–H and O–H groups in total. The summed E-state index contributed by atoms with van der Waals surface area (Å²) in [5, 5.41) is 3.82. The summed E-state index contributed by atoms with van der Waals surface area (Å²) < 4.78 is 5.52. The van der Waals surface area contributed by atoms with Gasteiger partial charge in [-0.05, 0) is 29.8 Å². The molecule has 0 radical (unpaired) electrons. The van der Waals surface area contributed by atoms with Gasteiger partial charge in [0.1, 0.15) is 19.1 Å². The minimum atomic E-state index is 0.0323. The van der Waals surface area contributed by atoms with E-state index < -0.39 is 0 Å². The molecule has 1 atom stereocenters. The normalized spacial score (nSPS) is 15.8. The van der Waals surface area contributed by atoms with Gasteiger partial charge in [-0.15, -0.1) is 0 Å². The van der Waals surface area contributed by atoms with Crippen molar-refractivity contribution < 1.29 is 14.4 Å². The lowest BCUT2D eigenvalue weighted by Gasteiger charge is -2.32. The summed E-state index contributed by atoms with van der Waals surface area (Å²) >= 11 is 5.92. The number of halogens is 1. The number of ether oxygens (including phenoxy) is 1. The van der Waals surface area contributed by atoms with Crippen LogP contribution in [-0.2, 0) is 16.0 Å². The van der Waals surface area contributed by atoms with Crippen LogP contribution >= 0.6 is 11.6 Å². The Morgan fingerprint density at radius 1 is 1.11 bits per heavy atom. The predicted octanol–water partition coefficient (Wildman–Crippen LogP) is 1.72. The fourth-order valence-corrected chi connectivity index (χ4v) is 3.68. The van der Waals surface area contributed by atoms with Crippen molar-refractivity contribution in [2.75, 3.05) is 51.8 Å². The number of rotatable bonds is 7. The van der Waals surface area contributed by atoms with E-state index in [0.29, 0.717) is 18.0 Å². The van der Waals surface area contributed by atoms with Gasteiger partial charge < -0.3 is 19.9 Å². The number of carbonyl (C=O) groups is 1. The number of morpholine rings is 1. The SMILES string of the molecule is CN(C)c1ccc([C@@H](CNC(=O)Cc2ccc(Cl)cc2)[NH+]2CCOCC2)cc1. The Kier molecular flexibility index (Phi) is 7.31. The van der Waals surface area contributed by atoms with Crippen LogP contribution < -0.4 is 15.1 Å². The first kappa shape index (κ1) is 20.6. The molecule has 1 saturated heterocycles. The highest BCUT2D eigenvalue weighted by Crippen LogP contribution is 2.16. The maximum absolute atomic E-state index is 12.5. The lowest BCUT2D eigenvalue weighted by atomic mass is 10.0. The molecule has 0 saturated carbocycles. The smallest absolute Gasteiger partial charge is 0.224 e. The number of amides is 1. The van der Waals surface area contributed by atoms with Crippen LogP contribution in [0.25, 0.3) is 0 Å². The van der Waals surface area contributed by atoms with E-state index >= 15 is 0 Å². The maximum atomic E-state index is 12.5. The molecule has 2 aromatic carbocycles. The van der Waals surface area contributed by atoms with E-state index in [2.05, 4.69) is 34.5 Å². The summed E-state index contributed by atoms with van der Waals surface area (Å²) in [6, 6.07) is 16.3. The third-order valence-corrected chi connectivity index (χ3v) is 5.47. The van der Waals surface area contributed by atoms with E-state index in [1.54, 1.807) is 0 Å². The summed E-state index contributed by atoms with van der Waals surface area (Å²) in [6.45, 7) is 4.05. The van der Waals surface area contributed by atoms with Crippen molar-refractivity contribution in [1.29, 1.82) is 0 Å². The second-order valence-electron chi connectivity index (χ2n) is 7.42. The van der Waals surface area contributed by atoms with Crippen molar-refractivity contribution in [3.05, 3.63) is 64.7 Å². The molecule has 150 valence electrons. The lowest BCUT2D eigenvalue weighted by molar-refractivity contribution is -0.937. The molecule has 0 bridgehead atoms. The van der Waals surface area contributed by atoms with Gasteiger partial charge in [0.25, 0.3) is 0 Å². The van der Waals surface area contributed by atoms with Crippen LogP contribution in [0, 0.1) is 0 Å². The van der Waals surface area contributed by atoms with Crippen molar-refractivity contribution in [2.24, 2.45) is 0 Å². The average molecular weight is 403 g/mol. The Hall–Kier alpha value is -2.08. The number of carbonyl (C=O) groups excluding carboxylic acids is 1. The first-order valence-electron chi connectivity index (χ1n) is 9.73. The van der Waals surface area contributed by atoms with Gasteiger partial charge in [-0.25, -0.2) is 0 Å². The summed E-state index contributed by atoms with van der Waals surface area (Å²) in [7, 11) is 4.08. The molecule has 3 rings (SSSR count). The molecule has 2 aromatic rings. The standard InChI is InChI=1S/C22H28ClN3O2/c1-25(2)20-9-5-18(6-10-20)21(26-11-13-28-14-12-26)16-24-22(27)15-17-3-7-19(23)8-4-17/h3-10,21H,11-16H2,1-2H3,(H,24,27)/p+1/t21-/m1/s1. The molecule has 28 heavy (non-hydrogen) atoms. The number of benzene rings is 2. The minimum absolute atomic E-state index is 0.0323. The van der Waals surface area contributed by atoms with Crippen LogP contribution in [0.3, 0.4) is 0 Å². The number of nitrogens with one attached hydrogen (secondary N) is 2. The van der Waals surface area contributed by atoms with Crippen molar-refractivity contribution in [3.8, 4) is 0 Å². The molecule has 1 aliphatic rings. The highest BCUT2D eigenvalue weighted by atomic mass is 35.5. The topological polar surface area (TPSA) is 46.0 Å².